The van der Waals surface area contributed by atoms with Crippen molar-refractivity contribution in [2.75, 3.05) is 6.61 Å². The fourth-order valence-corrected chi connectivity index (χ4v) is 3.19. The number of fused-ring (bicyclic) bond motifs is 1. The summed E-state index contributed by atoms with van der Waals surface area (Å²) in [4.78, 5) is 24.7. The zero-order chi connectivity index (χ0) is 16.4. The van der Waals surface area contributed by atoms with E-state index in [1.54, 1.807) is 19.9 Å². The maximum Gasteiger partial charge on any atom is 0.309 e. The van der Waals surface area contributed by atoms with Gasteiger partial charge in [0.25, 0.3) is 5.79 Å². The van der Waals surface area contributed by atoms with Gasteiger partial charge in [-0.3, -0.25) is 9.59 Å². The molecule has 0 aromatic carbocycles. The molecule has 122 valence electrons. The Kier molecular flexibility index (Phi) is 4.87. The number of Topliss-reactive ketones (excluding diaryl/α,β-unsaturated/α-hetero) is 1. The predicted octanol–water partition coefficient (Wildman–Crippen LogP) is 2.14. The Hall–Kier alpha value is -1.46. The first-order valence-electron chi connectivity index (χ1n) is 7.70. The molecule has 0 amide bonds. The van der Waals surface area contributed by atoms with Crippen molar-refractivity contribution < 1.29 is 24.2 Å². The van der Waals surface area contributed by atoms with Crippen LogP contribution in [0.3, 0.4) is 0 Å². The summed E-state index contributed by atoms with van der Waals surface area (Å²) in [5, 5.41) is 8.92. The van der Waals surface area contributed by atoms with Crippen LogP contribution in [-0.4, -0.2) is 35.4 Å². The number of carbonyl (C=O) groups excluding carboxylic acids is 2. The monoisotopic (exact) mass is 308 g/mol. The highest BCUT2D eigenvalue weighted by Crippen LogP contribution is 2.49. The normalized spacial score (nSPS) is 31.9. The first-order chi connectivity index (χ1) is 10.4. The number of ketones is 1. The van der Waals surface area contributed by atoms with Crippen LogP contribution in [0.15, 0.2) is 24.3 Å². The van der Waals surface area contributed by atoms with E-state index >= 15 is 0 Å². The molecule has 0 saturated carbocycles. The topological polar surface area (TPSA) is 72.8 Å². The van der Waals surface area contributed by atoms with Gasteiger partial charge in [0.1, 0.15) is 0 Å². The van der Waals surface area contributed by atoms with Crippen LogP contribution < -0.4 is 0 Å². The summed E-state index contributed by atoms with van der Waals surface area (Å²) < 4.78 is 11.3. The molecule has 22 heavy (non-hydrogen) atoms. The standard InChI is InChI=1S/C17H24O5/c1-4-5-7-13-10-12-11-14(19)22-17(12,21-13)15(20)16(2,3)8-6-9-18/h4-6,8,12-13,18H,7,9-11H2,1-3H3/b5-4+,8-6+/t12-,13+,17-/m0/s1. The summed E-state index contributed by atoms with van der Waals surface area (Å²) in [7, 11) is 0. The average Bonchev–Trinajstić information content (AvgIpc) is 2.95. The third kappa shape index (κ3) is 3.01. The molecular formula is C17H24O5. The maximum atomic E-state index is 13.0. The van der Waals surface area contributed by atoms with Crippen molar-refractivity contribution in [3.05, 3.63) is 24.3 Å². The van der Waals surface area contributed by atoms with Crippen molar-refractivity contribution in [1.82, 2.24) is 0 Å². The van der Waals surface area contributed by atoms with Gasteiger partial charge >= 0.3 is 5.97 Å². The van der Waals surface area contributed by atoms with Crippen molar-refractivity contribution in [3.63, 3.8) is 0 Å². The number of carbonyl (C=O) groups is 2. The Morgan fingerprint density at radius 1 is 1.45 bits per heavy atom. The van der Waals surface area contributed by atoms with Gasteiger partial charge in [0.05, 0.1) is 19.1 Å². The molecule has 0 bridgehead atoms. The lowest BCUT2D eigenvalue weighted by Crippen LogP contribution is -2.49. The lowest BCUT2D eigenvalue weighted by Gasteiger charge is -2.32. The number of rotatable bonds is 6. The van der Waals surface area contributed by atoms with Gasteiger partial charge in [0.15, 0.2) is 0 Å². The minimum absolute atomic E-state index is 0.115. The average molecular weight is 308 g/mol. The molecule has 2 aliphatic rings. The number of hydrogen-bond acceptors (Lipinski definition) is 5. The lowest BCUT2D eigenvalue weighted by atomic mass is 9.78. The fraction of sp³-hybridized carbons (Fsp3) is 0.647. The molecule has 2 fully saturated rings. The molecule has 0 radical (unpaired) electrons. The van der Waals surface area contributed by atoms with Gasteiger partial charge in [-0.05, 0) is 33.6 Å². The van der Waals surface area contributed by atoms with E-state index in [0.29, 0.717) is 12.8 Å². The molecule has 0 aromatic rings. The first-order valence-corrected chi connectivity index (χ1v) is 7.70. The Bertz CT molecular complexity index is 505. The van der Waals surface area contributed by atoms with Crippen molar-refractivity contribution in [3.8, 4) is 0 Å². The summed E-state index contributed by atoms with van der Waals surface area (Å²) in [5.41, 5.74) is -0.874. The third-order valence-corrected chi connectivity index (χ3v) is 4.28. The molecule has 2 rings (SSSR count). The summed E-state index contributed by atoms with van der Waals surface area (Å²) >= 11 is 0. The molecule has 0 aliphatic carbocycles. The molecule has 3 atom stereocenters. The second-order valence-corrected chi connectivity index (χ2v) is 6.46. The van der Waals surface area contributed by atoms with Crippen molar-refractivity contribution in [2.45, 2.75) is 51.9 Å². The van der Waals surface area contributed by atoms with E-state index in [9.17, 15) is 9.59 Å². The summed E-state index contributed by atoms with van der Waals surface area (Å²) in [5.74, 6) is -2.34. The van der Waals surface area contributed by atoms with Crippen LogP contribution in [0.5, 0.6) is 0 Å². The minimum atomic E-state index is -1.47. The first kappa shape index (κ1) is 16.9. The molecular weight excluding hydrogens is 284 g/mol. The van der Waals surface area contributed by atoms with Crippen LogP contribution in [0.25, 0.3) is 0 Å². The van der Waals surface area contributed by atoms with Crippen molar-refractivity contribution in [2.24, 2.45) is 11.3 Å². The second kappa shape index (κ2) is 6.34. The van der Waals surface area contributed by atoms with Gasteiger partial charge in [0.2, 0.25) is 5.78 Å². The molecule has 2 heterocycles. The smallest absolute Gasteiger partial charge is 0.309 e. The summed E-state index contributed by atoms with van der Waals surface area (Å²) in [6, 6.07) is 0. The second-order valence-electron chi connectivity index (χ2n) is 6.46. The molecule has 2 aliphatic heterocycles. The van der Waals surface area contributed by atoms with E-state index in [0.717, 1.165) is 0 Å². The Labute approximate surface area is 131 Å². The Balaban J connectivity index is 2.25. The van der Waals surface area contributed by atoms with Gasteiger partial charge < -0.3 is 14.6 Å². The molecule has 5 nitrogen and oxygen atoms in total. The Morgan fingerprint density at radius 2 is 2.18 bits per heavy atom. The van der Waals surface area contributed by atoms with E-state index in [4.69, 9.17) is 14.6 Å². The molecule has 2 saturated heterocycles. The lowest BCUT2D eigenvalue weighted by molar-refractivity contribution is -0.218. The highest BCUT2D eigenvalue weighted by Gasteiger charge is 2.63. The van der Waals surface area contributed by atoms with Gasteiger partial charge in [-0.2, -0.15) is 0 Å². The van der Waals surface area contributed by atoms with Crippen LogP contribution in [0.4, 0.5) is 0 Å². The van der Waals surface area contributed by atoms with Crippen LogP contribution in [-0.2, 0) is 19.1 Å². The van der Waals surface area contributed by atoms with Crippen LogP contribution in [0, 0.1) is 11.3 Å². The number of allylic oxidation sites excluding steroid dienone is 2. The SMILES string of the molecule is C/C=C/C[C@@H]1C[C@H]2CC(=O)O[C@@]2(C(=O)C(C)(C)/C=C/CO)O1. The molecule has 5 heteroatoms. The molecule has 0 spiro atoms. The van der Waals surface area contributed by atoms with Gasteiger partial charge in [-0.15, -0.1) is 0 Å². The van der Waals surface area contributed by atoms with Crippen LogP contribution in [0.1, 0.15) is 40.0 Å². The molecule has 0 unspecified atom stereocenters. The highest BCUT2D eigenvalue weighted by molar-refractivity contribution is 5.96. The number of esters is 1. The summed E-state index contributed by atoms with van der Waals surface area (Å²) in [6.45, 7) is 5.27. The highest BCUT2D eigenvalue weighted by atomic mass is 16.7. The fourth-order valence-electron chi connectivity index (χ4n) is 3.19. The summed E-state index contributed by atoms with van der Waals surface area (Å²) in [6.07, 6.45) is 8.53. The maximum absolute atomic E-state index is 13.0. The zero-order valence-electron chi connectivity index (χ0n) is 13.4. The third-order valence-electron chi connectivity index (χ3n) is 4.28. The number of aliphatic hydroxyl groups is 1. The molecule has 1 N–H and O–H groups in total. The van der Waals surface area contributed by atoms with Gasteiger partial charge in [-0.25, -0.2) is 0 Å². The minimum Gasteiger partial charge on any atom is -0.425 e. The number of aliphatic hydroxyl groups excluding tert-OH is 1. The van der Waals surface area contributed by atoms with Crippen LogP contribution in [0.2, 0.25) is 0 Å². The molecule has 0 aromatic heterocycles. The number of hydrogen-bond donors (Lipinski definition) is 1. The van der Waals surface area contributed by atoms with Gasteiger partial charge in [-0.1, -0.05) is 24.3 Å². The van der Waals surface area contributed by atoms with E-state index in [1.165, 1.54) is 6.08 Å². The van der Waals surface area contributed by atoms with Gasteiger partial charge in [0, 0.05) is 11.3 Å². The Morgan fingerprint density at radius 3 is 2.82 bits per heavy atom. The quantitative estimate of drug-likeness (QED) is 0.601. The van der Waals surface area contributed by atoms with E-state index in [1.807, 2.05) is 19.1 Å². The van der Waals surface area contributed by atoms with E-state index in [-0.39, 0.29) is 36.8 Å². The van der Waals surface area contributed by atoms with Crippen molar-refractivity contribution >= 4 is 11.8 Å². The van der Waals surface area contributed by atoms with E-state index in [2.05, 4.69) is 0 Å². The number of ether oxygens (including phenoxy) is 2. The van der Waals surface area contributed by atoms with Crippen molar-refractivity contribution in [1.29, 1.82) is 0 Å². The largest absolute Gasteiger partial charge is 0.425 e. The van der Waals surface area contributed by atoms with Crippen LogP contribution >= 0.6 is 0 Å². The van der Waals surface area contributed by atoms with E-state index < -0.39 is 11.2 Å². The zero-order valence-corrected chi connectivity index (χ0v) is 13.4. The predicted molar refractivity (Wildman–Crippen MR) is 80.9 cm³/mol.